The van der Waals surface area contributed by atoms with E-state index in [1.54, 1.807) is 12.1 Å². The van der Waals surface area contributed by atoms with E-state index in [0.29, 0.717) is 31.0 Å². The third-order valence-electron chi connectivity index (χ3n) is 7.82. The van der Waals surface area contributed by atoms with Crippen molar-refractivity contribution in [3.63, 3.8) is 0 Å². The third kappa shape index (κ3) is 8.21. The Morgan fingerprint density at radius 2 is 1.60 bits per heavy atom. The Bertz CT molecular complexity index is 1230. The number of rotatable bonds is 16. The Morgan fingerprint density at radius 1 is 0.953 bits per heavy atom. The van der Waals surface area contributed by atoms with E-state index in [1.165, 1.54) is 21.1 Å². The number of fused-ring (bicyclic) bond motifs is 2. The lowest BCUT2D eigenvalue weighted by Crippen LogP contribution is -2.43. The fourth-order valence-electron chi connectivity index (χ4n) is 5.66. The number of nitrogens with one attached hydrogen (secondary N) is 3. The van der Waals surface area contributed by atoms with Gasteiger partial charge >= 0.3 is 5.97 Å². The minimum absolute atomic E-state index is 0.0908. The van der Waals surface area contributed by atoms with Crippen molar-refractivity contribution in [3.05, 3.63) is 41.0 Å². The monoisotopic (exact) mass is 600 g/mol. The highest BCUT2D eigenvalue weighted by Crippen LogP contribution is 2.51. The van der Waals surface area contributed by atoms with Crippen molar-refractivity contribution >= 4 is 11.9 Å². The maximum atomic E-state index is 13.2. The van der Waals surface area contributed by atoms with Gasteiger partial charge in [0.25, 0.3) is 0 Å². The molecule has 2 aliphatic rings. The standard InChI is InChI=1S/C31H44N4O8/c1-19(36)41-17-21-11-22(20-12-27(39-2)31(38)28(13-20)40-3)23-14-25-26(43-18-42-25)15-24(23)30(21)35-29(37)16-34-10-6-9-33-8-5-4-7-32/h12-15,21-22,30,33-34,38H,4-11,16-18,32H2,1-3H3,(H,35,37)/t21?,22?,30-/m0/s1. The molecule has 1 aliphatic heterocycles. The third-order valence-corrected chi connectivity index (χ3v) is 7.82. The van der Waals surface area contributed by atoms with Crippen LogP contribution in [0, 0.1) is 5.92 Å². The molecule has 1 aliphatic carbocycles. The summed E-state index contributed by atoms with van der Waals surface area (Å²) in [5.41, 5.74) is 8.14. The molecule has 2 aromatic rings. The molecule has 0 spiro atoms. The Labute approximate surface area is 252 Å². The zero-order chi connectivity index (χ0) is 30.8. The molecule has 2 unspecified atom stereocenters. The van der Waals surface area contributed by atoms with Gasteiger partial charge in [0.05, 0.1) is 33.4 Å². The van der Waals surface area contributed by atoms with Crippen LogP contribution in [-0.2, 0) is 14.3 Å². The number of nitrogens with two attached hydrogens (primary N) is 1. The summed E-state index contributed by atoms with van der Waals surface area (Å²) >= 11 is 0. The van der Waals surface area contributed by atoms with Crippen molar-refractivity contribution in [2.75, 3.05) is 60.3 Å². The summed E-state index contributed by atoms with van der Waals surface area (Å²) in [7, 11) is 2.96. The van der Waals surface area contributed by atoms with E-state index in [2.05, 4.69) is 16.0 Å². The predicted octanol–water partition coefficient (Wildman–Crippen LogP) is 2.32. The van der Waals surface area contributed by atoms with Crippen molar-refractivity contribution in [3.8, 4) is 28.7 Å². The van der Waals surface area contributed by atoms with Crippen LogP contribution in [0.2, 0.25) is 0 Å². The second kappa shape index (κ2) is 15.6. The fourth-order valence-corrected chi connectivity index (χ4v) is 5.66. The van der Waals surface area contributed by atoms with Gasteiger partial charge in [0.2, 0.25) is 18.4 Å². The van der Waals surface area contributed by atoms with Crippen LogP contribution in [-0.4, -0.2) is 77.3 Å². The number of unbranched alkanes of at least 4 members (excludes halogenated alkanes) is 1. The van der Waals surface area contributed by atoms with Gasteiger partial charge in [0.1, 0.15) is 0 Å². The number of carbonyl (C=O) groups excluding carboxylic acids is 2. The fraction of sp³-hybridized carbons (Fsp3) is 0.548. The second-order valence-corrected chi connectivity index (χ2v) is 10.8. The molecule has 2 aromatic carbocycles. The Morgan fingerprint density at radius 3 is 2.26 bits per heavy atom. The molecule has 236 valence electrons. The molecule has 1 heterocycles. The maximum Gasteiger partial charge on any atom is 0.302 e. The first-order valence-corrected chi connectivity index (χ1v) is 14.8. The summed E-state index contributed by atoms with van der Waals surface area (Å²) in [5.74, 6) is 0.637. The van der Waals surface area contributed by atoms with Crippen molar-refractivity contribution in [1.82, 2.24) is 16.0 Å². The van der Waals surface area contributed by atoms with E-state index >= 15 is 0 Å². The number of hydrogen-bond acceptors (Lipinski definition) is 11. The van der Waals surface area contributed by atoms with Crippen LogP contribution in [0.25, 0.3) is 0 Å². The molecule has 0 bridgehead atoms. The first-order chi connectivity index (χ1) is 20.9. The summed E-state index contributed by atoms with van der Waals surface area (Å²) in [4.78, 5) is 25.0. The minimum atomic E-state index is -0.445. The van der Waals surface area contributed by atoms with Gasteiger partial charge in [-0.15, -0.1) is 0 Å². The maximum absolute atomic E-state index is 13.2. The number of hydrogen-bond donors (Lipinski definition) is 5. The van der Waals surface area contributed by atoms with E-state index in [4.69, 9.17) is 29.4 Å². The van der Waals surface area contributed by atoms with Gasteiger partial charge in [0, 0.05) is 18.8 Å². The van der Waals surface area contributed by atoms with Crippen LogP contribution in [0.4, 0.5) is 0 Å². The smallest absolute Gasteiger partial charge is 0.302 e. The van der Waals surface area contributed by atoms with E-state index in [9.17, 15) is 14.7 Å². The number of aromatic hydroxyl groups is 1. The van der Waals surface area contributed by atoms with Gasteiger partial charge in [-0.05, 0) is 92.8 Å². The molecule has 3 atom stereocenters. The summed E-state index contributed by atoms with van der Waals surface area (Å²) in [6, 6.07) is 6.94. The molecule has 43 heavy (non-hydrogen) atoms. The number of carbonyl (C=O) groups is 2. The molecular weight excluding hydrogens is 556 g/mol. The molecule has 0 aromatic heterocycles. The second-order valence-electron chi connectivity index (χ2n) is 10.8. The number of amides is 1. The van der Waals surface area contributed by atoms with Crippen LogP contribution in [0.1, 0.15) is 61.3 Å². The normalized spacial score (nSPS) is 18.6. The van der Waals surface area contributed by atoms with Crippen molar-refractivity contribution in [1.29, 1.82) is 0 Å². The molecule has 12 nitrogen and oxygen atoms in total. The van der Waals surface area contributed by atoms with Gasteiger partial charge in [0.15, 0.2) is 23.0 Å². The summed E-state index contributed by atoms with van der Waals surface area (Å²) in [6.07, 6.45) is 3.49. The van der Waals surface area contributed by atoms with E-state index < -0.39 is 12.0 Å². The molecule has 0 fully saturated rings. The van der Waals surface area contributed by atoms with Gasteiger partial charge in [-0.3, -0.25) is 9.59 Å². The average Bonchev–Trinajstić information content (AvgIpc) is 3.46. The van der Waals surface area contributed by atoms with Crippen LogP contribution in [0.15, 0.2) is 24.3 Å². The highest BCUT2D eigenvalue weighted by atomic mass is 16.7. The highest BCUT2D eigenvalue weighted by molar-refractivity contribution is 5.79. The molecule has 12 heteroatoms. The van der Waals surface area contributed by atoms with Crippen LogP contribution >= 0.6 is 0 Å². The Balaban J connectivity index is 1.56. The Hall–Kier alpha value is -3.74. The summed E-state index contributed by atoms with van der Waals surface area (Å²) in [5, 5.41) is 20.3. The highest BCUT2D eigenvalue weighted by Gasteiger charge is 2.39. The van der Waals surface area contributed by atoms with E-state index in [0.717, 1.165) is 49.0 Å². The lowest BCUT2D eigenvalue weighted by atomic mass is 9.71. The van der Waals surface area contributed by atoms with E-state index in [-0.39, 0.29) is 54.9 Å². The lowest BCUT2D eigenvalue weighted by molar-refractivity contribution is -0.142. The number of phenolic OH excluding ortho intramolecular Hbond substituents is 1. The number of benzene rings is 2. The van der Waals surface area contributed by atoms with Gasteiger partial charge in [-0.2, -0.15) is 0 Å². The summed E-state index contributed by atoms with van der Waals surface area (Å²) in [6.45, 7) is 4.93. The largest absolute Gasteiger partial charge is 0.502 e. The zero-order valence-electron chi connectivity index (χ0n) is 25.2. The molecular formula is C31H44N4O8. The lowest BCUT2D eigenvalue weighted by Gasteiger charge is -2.39. The average molecular weight is 601 g/mol. The molecule has 6 N–H and O–H groups in total. The van der Waals surface area contributed by atoms with Crippen molar-refractivity contribution in [2.45, 2.75) is 44.6 Å². The SMILES string of the molecule is COc1cc(C2CC(COC(C)=O)[C@H](NC(=O)CNCCCNCCCCN)c3cc4c(cc32)OCO4)cc(OC)c1O. The molecule has 0 radical (unpaired) electrons. The minimum Gasteiger partial charge on any atom is -0.502 e. The molecule has 4 rings (SSSR count). The van der Waals surface area contributed by atoms with Crippen LogP contribution in [0.3, 0.4) is 0 Å². The van der Waals surface area contributed by atoms with Crippen LogP contribution < -0.4 is 40.6 Å². The summed E-state index contributed by atoms with van der Waals surface area (Å²) < 4.78 is 27.7. The van der Waals surface area contributed by atoms with Crippen molar-refractivity contribution in [2.24, 2.45) is 11.7 Å². The molecule has 0 saturated carbocycles. The van der Waals surface area contributed by atoms with Gasteiger partial charge < -0.3 is 50.5 Å². The number of esters is 1. The number of ether oxygens (including phenoxy) is 5. The molecule has 1 amide bonds. The predicted molar refractivity (Wildman–Crippen MR) is 160 cm³/mol. The van der Waals surface area contributed by atoms with E-state index in [1.807, 2.05) is 12.1 Å². The van der Waals surface area contributed by atoms with Gasteiger partial charge in [-0.25, -0.2) is 0 Å². The zero-order valence-corrected chi connectivity index (χ0v) is 25.2. The first-order valence-electron chi connectivity index (χ1n) is 14.8. The molecule has 0 saturated heterocycles. The first kappa shape index (κ1) is 32.2. The quantitative estimate of drug-likeness (QED) is 0.142. The van der Waals surface area contributed by atoms with Gasteiger partial charge in [-0.1, -0.05) is 0 Å². The van der Waals surface area contributed by atoms with Crippen molar-refractivity contribution < 1.29 is 38.4 Å². The Kier molecular flexibility index (Phi) is 11.7. The number of phenols is 1. The number of methoxy groups -OCH3 is 2. The topological polar surface area (TPSA) is 163 Å². The van der Waals surface area contributed by atoms with Crippen LogP contribution in [0.5, 0.6) is 28.7 Å².